The molecule has 0 aliphatic carbocycles. The molecule has 3 aromatic rings. The summed E-state index contributed by atoms with van der Waals surface area (Å²) in [5.74, 6) is 1.98. The summed E-state index contributed by atoms with van der Waals surface area (Å²) in [6.07, 6.45) is 1.43. The molecule has 0 aromatic carbocycles. The molecule has 0 saturated carbocycles. The molecule has 3 heterocycles. The van der Waals surface area contributed by atoms with Gasteiger partial charge in [0.05, 0.1) is 11.9 Å². The molecule has 0 fully saturated rings. The van der Waals surface area contributed by atoms with Crippen molar-refractivity contribution in [2.75, 3.05) is 5.32 Å². The van der Waals surface area contributed by atoms with Crippen LogP contribution in [0, 0.1) is 13.8 Å². The largest absolute Gasteiger partial charge is 0.443 e. The minimum atomic E-state index is -0.333. The van der Waals surface area contributed by atoms with E-state index >= 15 is 0 Å². The molecule has 98 valence electrons. The van der Waals surface area contributed by atoms with Gasteiger partial charge in [-0.2, -0.15) is 5.10 Å². The molecule has 0 aliphatic heterocycles. The van der Waals surface area contributed by atoms with Crippen LogP contribution in [0.25, 0.3) is 11.1 Å². The summed E-state index contributed by atoms with van der Waals surface area (Å²) in [7, 11) is 0. The Morgan fingerprint density at radius 1 is 1.37 bits per heavy atom. The fourth-order valence-corrected chi connectivity index (χ4v) is 1.87. The van der Waals surface area contributed by atoms with Gasteiger partial charge < -0.3 is 9.73 Å². The van der Waals surface area contributed by atoms with Crippen LogP contribution in [0.15, 0.2) is 15.5 Å². The Morgan fingerprint density at radius 3 is 2.95 bits per heavy atom. The number of hydrogen-bond donors (Lipinski definition) is 3. The summed E-state index contributed by atoms with van der Waals surface area (Å²) in [5.41, 5.74) is 1.21. The summed E-state index contributed by atoms with van der Waals surface area (Å²) in [6, 6.07) is 0. The van der Waals surface area contributed by atoms with E-state index in [2.05, 4.69) is 30.5 Å². The monoisotopic (exact) mass is 260 g/mol. The number of nitrogens with zero attached hydrogens (tertiary/aromatic N) is 3. The van der Waals surface area contributed by atoms with Crippen LogP contribution in [0.3, 0.4) is 0 Å². The first-order valence-electron chi connectivity index (χ1n) is 5.73. The van der Waals surface area contributed by atoms with Crippen LogP contribution in [-0.4, -0.2) is 25.1 Å². The van der Waals surface area contributed by atoms with Crippen LogP contribution in [-0.2, 0) is 6.54 Å². The number of aryl methyl sites for hydroxylation is 2. The smallest absolute Gasteiger partial charge is 0.340 e. The van der Waals surface area contributed by atoms with Crippen molar-refractivity contribution in [3.05, 3.63) is 34.0 Å². The van der Waals surface area contributed by atoms with Crippen molar-refractivity contribution in [3.63, 3.8) is 0 Å². The van der Waals surface area contributed by atoms with Gasteiger partial charge in [-0.15, -0.1) is 0 Å². The van der Waals surface area contributed by atoms with Crippen molar-refractivity contribution in [1.29, 1.82) is 0 Å². The minimum Gasteiger partial charge on any atom is -0.443 e. The average Bonchev–Trinajstić information content (AvgIpc) is 2.93. The quantitative estimate of drug-likeness (QED) is 0.644. The zero-order valence-electron chi connectivity index (χ0n) is 10.4. The summed E-state index contributed by atoms with van der Waals surface area (Å²) < 4.78 is 5.52. The topological polar surface area (TPSA) is 112 Å². The Kier molecular flexibility index (Phi) is 2.55. The number of rotatable bonds is 3. The molecule has 0 aliphatic rings. The van der Waals surface area contributed by atoms with Crippen LogP contribution in [0.5, 0.6) is 0 Å². The average molecular weight is 260 g/mol. The van der Waals surface area contributed by atoms with Gasteiger partial charge in [-0.05, 0) is 13.8 Å². The van der Waals surface area contributed by atoms with Gasteiger partial charge >= 0.3 is 5.69 Å². The van der Waals surface area contributed by atoms with Gasteiger partial charge in [0, 0.05) is 5.56 Å². The van der Waals surface area contributed by atoms with Gasteiger partial charge in [0.25, 0.3) is 0 Å². The highest BCUT2D eigenvalue weighted by molar-refractivity contribution is 5.89. The van der Waals surface area contributed by atoms with Gasteiger partial charge in [-0.3, -0.25) is 4.98 Å². The number of anilines is 1. The Morgan fingerprint density at radius 2 is 2.21 bits per heavy atom. The Hall–Kier alpha value is -2.64. The second-order valence-electron chi connectivity index (χ2n) is 4.16. The van der Waals surface area contributed by atoms with E-state index in [-0.39, 0.29) is 5.69 Å². The lowest BCUT2D eigenvalue weighted by Gasteiger charge is -2.03. The number of furan rings is 1. The SMILES string of the molecule is Cc1oc2ncnc(NCc3n[nH]c(=O)[nH]3)c2c1C. The first kappa shape index (κ1) is 11.5. The normalized spacial score (nSPS) is 11.1. The molecule has 3 rings (SSSR count). The number of nitrogens with one attached hydrogen (secondary N) is 3. The zero-order chi connectivity index (χ0) is 13.4. The number of fused-ring (bicyclic) bond motifs is 1. The maximum Gasteiger partial charge on any atom is 0.340 e. The molecule has 0 saturated heterocycles. The van der Waals surface area contributed by atoms with Gasteiger partial charge in [0.2, 0.25) is 5.71 Å². The summed E-state index contributed by atoms with van der Waals surface area (Å²) in [6.45, 7) is 4.19. The second-order valence-corrected chi connectivity index (χ2v) is 4.16. The molecule has 8 nitrogen and oxygen atoms in total. The fraction of sp³-hybridized carbons (Fsp3) is 0.273. The van der Waals surface area contributed by atoms with Crippen molar-refractivity contribution in [3.8, 4) is 0 Å². The highest BCUT2D eigenvalue weighted by Crippen LogP contribution is 2.27. The third-order valence-corrected chi connectivity index (χ3v) is 2.94. The van der Waals surface area contributed by atoms with E-state index in [9.17, 15) is 4.79 Å². The first-order valence-corrected chi connectivity index (χ1v) is 5.73. The fourth-order valence-electron chi connectivity index (χ4n) is 1.87. The van der Waals surface area contributed by atoms with Crippen LogP contribution >= 0.6 is 0 Å². The Labute approximate surface area is 107 Å². The Balaban J connectivity index is 1.94. The summed E-state index contributed by atoms with van der Waals surface area (Å²) in [4.78, 5) is 21.8. The number of hydrogen-bond acceptors (Lipinski definition) is 6. The number of aromatic amines is 2. The first-order chi connectivity index (χ1) is 9.15. The predicted molar refractivity (Wildman–Crippen MR) is 67.8 cm³/mol. The standard InChI is InChI=1S/C11H12N6O2/c1-5-6(2)19-10-8(5)9(13-4-14-10)12-3-7-15-11(18)17-16-7/h4H,3H2,1-2H3,(H,12,13,14)(H2,15,16,17,18). The van der Waals surface area contributed by atoms with Crippen LogP contribution in [0.2, 0.25) is 0 Å². The lowest BCUT2D eigenvalue weighted by molar-refractivity contribution is 0.564. The van der Waals surface area contributed by atoms with Crippen molar-refractivity contribution in [1.82, 2.24) is 25.1 Å². The van der Waals surface area contributed by atoms with E-state index < -0.39 is 0 Å². The highest BCUT2D eigenvalue weighted by atomic mass is 16.3. The molecule has 0 spiro atoms. The van der Waals surface area contributed by atoms with Crippen LogP contribution in [0.4, 0.5) is 5.82 Å². The van der Waals surface area contributed by atoms with E-state index in [0.29, 0.717) is 23.9 Å². The minimum absolute atomic E-state index is 0.333. The van der Waals surface area contributed by atoms with Gasteiger partial charge in [-0.25, -0.2) is 19.9 Å². The van der Waals surface area contributed by atoms with Crippen molar-refractivity contribution in [2.45, 2.75) is 20.4 Å². The van der Waals surface area contributed by atoms with E-state index in [4.69, 9.17) is 4.42 Å². The lowest BCUT2D eigenvalue weighted by atomic mass is 10.2. The molecular formula is C11H12N6O2. The van der Waals surface area contributed by atoms with E-state index in [1.54, 1.807) is 0 Å². The summed E-state index contributed by atoms with van der Waals surface area (Å²) in [5, 5.41) is 10.1. The molecule has 3 N–H and O–H groups in total. The zero-order valence-corrected chi connectivity index (χ0v) is 10.4. The predicted octanol–water partition coefficient (Wildman–Crippen LogP) is 0.863. The summed E-state index contributed by atoms with van der Waals surface area (Å²) >= 11 is 0. The van der Waals surface area contributed by atoms with Crippen molar-refractivity contribution >= 4 is 16.9 Å². The van der Waals surface area contributed by atoms with Gasteiger partial charge in [0.15, 0.2) is 0 Å². The molecule has 19 heavy (non-hydrogen) atoms. The number of H-pyrrole nitrogens is 2. The number of aromatic nitrogens is 5. The third-order valence-electron chi connectivity index (χ3n) is 2.94. The molecule has 3 aromatic heterocycles. The molecule has 0 radical (unpaired) electrons. The molecule has 0 atom stereocenters. The lowest BCUT2D eigenvalue weighted by Crippen LogP contribution is -2.06. The highest BCUT2D eigenvalue weighted by Gasteiger charge is 2.13. The van der Waals surface area contributed by atoms with Crippen LogP contribution in [0.1, 0.15) is 17.1 Å². The van der Waals surface area contributed by atoms with Crippen molar-refractivity contribution in [2.24, 2.45) is 0 Å². The molecular weight excluding hydrogens is 248 g/mol. The van der Waals surface area contributed by atoms with E-state index in [1.807, 2.05) is 13.8 Å². The molecule has 0 bridgehead atoms. The maximum atomic E-state index is 10.9. The van der Waals surface area contributed by atoms with Crippen LogP contribution < -0.4 is 11.0 Å². The van der Waals surface area contributed by atoms with E-state index in [1.165, 1.54) is 6.33 Å². The van der Waals surface area contributed by atoms with E-state index in [0.717, 1.165) is 16.7 Å². The van der Waals surface area contributed by atoms with Crippen molar-refractivity contribution < 1.29 is 4.42 Å². The second kappa shape index (κ2) is 4.23. The molecule has 0 amide bonds. The Bertz CT molecular complexity index is 784. The molecule has 0 unspecified atom stereocenters. The third kappa shape index (κ3) is 1.96. The van der Waals surface area contributed by atoms with Gasteiger partial charge in [0.1, 0.15) is 23.7 Å². The molecule has 8 heteroatoms. The maximum absolute atomic E-state index is 10.9. The van der Waals surface area contributed by atoms with Gasteiger partial charge in [-0.1, -0.05) is 0 Å².